The number of amidine groups is 1. The monoisotopic (exact) mass is 430 g/mol. The first-order valence-electron chi connectivity index (χ1n) is 10.6. The van der Waals surface area contributed by atoms with Crippen LogP contribution in [0.15, 0.2) is 29.3 Å². The number of benzene rings is 1. The first-order valence-corrected chi connectivity index (χ1v) is 11.5. The quantitative estimate of drug-likeness (QED) is 0.723. The summed E-state index contributed by atoms with van der Waals surface area (Å²) in [6.07, 6.45) is 3.49. The first kappa shape index (κ1) is 22.3. The second-order valence-electron chi connectivity index (χ2n) is 8.23. The van der Waals surface area contributed by atoms with Crippen molar-refractivity contribution in [3.05, 3.63) is 29.8 Å². The van der Waals surface area contributed by atoms with Gasteiger partial charge in [-0.25, -0.2) is 0 Å². The number of amides is 3. The highest BCUT2D eigenvalue weighted by Gasteiger charge is 2.33. The summed E-state index contributed by atoms with van der Waals surface area (Å²) in [6, 6.07) is 6.89. The molecular weight excluding hydrogens is 400 g/mol. The molecule has 3 amide bonds. The van der Waals surface area contributed by atoms with Gasteiger partial charge in [0.05, 0.1) is 0 Å². The average molecular weight is 431 g/mol. The summed E-state index contributed by atoms with van der Waals surface area (Å²) in [7, 11) is 0. The topological polar surface area (TPSA) is 90.9 Å². The number of hydrogen-bond donors (Lipinski definition) is 2. The van der Waals surface area contributed by atoms with E-state index in [1.807, 2.05) is 20.8 Å². The lowest BCUT2D eigenvalue weighted by atomic mass is 10.1. The van der Waals surface area contributed by atoms with Crippen LogP contribution in [0.5, 0.6) is 0 Å². The van der Waals surface area contributed by atoms with E-state index in [9.17, 15) is 14.4 Å². The molecular formula is C22H30N4O3S. The van der Waals surface area contributed by atoms with Gasteiger partial charge in [-0.1, -0.05) is 31.7 Å². The normalized spacial score (nSPS) is 20.1. The van der Waals surface area contributed by atoms with Gasteiger partial charge in [0, 0.05) is 36.8 Å². The molecule has 2 aliphatic heterocycles. The number of likely N-dealkylation sites (tertiary alicyclic amines) is 1. The van der Waals surface area contributed by atoms with E-state index >= 15 is 0 Å². The van der Waals surface area contributed by atoms with E-state index in [1.165, 1.54) is 18.2 Å². The fourth-order valence-electron chi connectivity index (χ4n) is 3.31. The van der Waals surface area contributed by atoms with Crippen molar-refractivity contribution in [3.8, 4) is 0 Å². The van der Waals surface area contributed by atoms with Crippen LogP contribution in [0.4, 0.5) is 5.69 Å². The third-order valence-electron chi connectivity index (χ3n) is 5.49. The van der Waals surface area contributed by atoms with Gasteiger partial charge in [-0.15, -0.1) is 0 Å². The minimum absolute atomic E-state index is 0.0512. The van der Waals surface area contributed by atoms with Crippen molar-refractivity contribution in [1.82, 2.24) is 10.2 Å². The third kappa shape index (κ3) is 5.84. The number of nitrogens with one attached hydrogen (secondary N) is 2. The molecule has 0 bridgehead atoms. The number of hydrogen-bond acceptors (Lipinski definition) is 5. The Morgan fingerprint density at radius 3 is 2.63 bits per heavy atom. The molecule has 2 unspecified atom stereocenters. The Hall–Kier alpha value is -2.35. The Balaban J connectivity index is 1.54. The van der Waals surface area contributed by atoms with E-state index < -0.39 is 5.25 Å². The van der Waals surface area contributed by atoms with Crippen molar-refractivity contribution in [1.29, 1.82) is 0 Å². The Morgan fingerprint density at radius 2 is 1.93 bits per heavy atom. The summed E-state index contributed by atoms with van der Waals surface area (Å²) in [5, 5.41) is 6.02. The van der Waals surface area contributed by atoms with Gasteiger partial charge in [0.15, 0.2) is 5.17 Å². The molecule has 30 heavy (non-hydrogen) atoms. The second kappa shape index (κ2) is 10.1. The lowest BCUT2D eigenvalue weighted by Crippen LogP contribution is -2.36. The zero-order chi connectivity index (χ0) is 21.7. The molecule has 1 aromatic rings. The number of carbonyl (C=O) groups excluding carboxylic acids is 3. The number of piperidine rings is 1. The van der Waals surface area contributed by atoms with Crippen molar-refractivity contribution < 1.29 is 14.4 Å². The highest BCUT2D eigenvalue weighted by molar-refractivity contribution is 8.15. The van der Waals surface area contributed by atoms with Crippen LogP contribution < -0.4 is 10.6 Å². The molecule has 0 saturated carbocycles. The van der Waals surface area contributed by atoms with Crippen LogP contribution in [0.1, 0.15) is 56.8 Å². The molecule has 162 valence electrons. The van der Waals surface area contributed by atoms with E-state index in [-0.39, 0.29) is 30.2 Å². The highest BCUT2D eigenvalue weighted by atomic mass is 32.2. The van der Waals surface area contributed by atoms with E-state index in [2.05, 4.69) is 20.5 Å². The Kier molecular flexibility index (Phi) is 7.53. The molecule has 7 nitrogen and oxygen atoms in total. The van der Waals surface area contributed by atoms with Gasteiger partial charge in [0.25, 0.3) is 11.8 Å². The van der Waals surface area contributed by atoms with Crippen molar-refractivity contribution in [2.45, 2.75) is 57.7 Å². The number of carbonyl (C=O) groups is 3. The third-order valence-corrected chi connectivity index (χ3v) is 6.71. The van der Waals surface area contributed by atoms with Gasteiger partial charge < -0.3 is 15.5 Å². The molecule has 1 saturated heterocycles. The zero-order valence-corrected chi connectivity index (χ0v) is 18.6. The van der Waals surface area contributed by atoms with Crippen LogP contribution in [-0.2, 0) is 9.59 Å². The van der Waals surface area contributed by atoms with Crippen molar-refractivity contribution in [2.75, 3.05) is 18.4 Å². The number of anilines is 1. The highest BCUT2D eigenvalue weighted by Crippen LogP contribution is 2.29. The van der Waals surface area contributed by atoms with E-state index in [4.69, 9.17) is 0 Å². The fourth-order valence-corrected chi connectivity index (χ4v) is 4.42. The summed E-state index contributed by atoms with van der Waals surface area (Å²) < 4.78 is 0. The van der Waals surface area contributed by atoms with Crippen LogP contribution >= 0.6 is 11.8 Å². The number of thioether (sulfide) groups is 1. The van der Waals surface area contributed by atoms with Crippen LogP contribution in [0.25, 0.3) is 0 Å². The van der Waals surface area contributed by atoms with Gasteiger partial charge in [0.2, 0.25) is 5.91 Å². The lowest BCUT2D eigenvalue weighted by Gasteiger charge is -2.27. The smallest absolute Gasteiger partial charge is 0.262 e. The molecule has 2 atom stereocenters. The van der Waals surface area contributed by atoms with Crippen molar-refractivity contribution in [2.24, 2.45) is 10.9 Å². The van der Waals surface area contributed by atoms with Crippen LogP contribution in [0.2, 0.25) is 0 Å². The molecule has 1 fully saturated rings. The molecule has 0 spiro atoms. The molecule has 8 heteroatoms. The minimum Gasteiger partial charge on any atom is -0.351 e. The van der Waals surface area contributed by atoms with Gasteiger partial charge in [0.1, 0.15) is 5.25 Å². The maximum Gasteiger partial charge on any atom is 0.262 e. The van der Waals surface area contributed by atoms with Crippen molar-refractivity contribution in [3.63, 3.8) is 0 Å². The predicted molar refractivity (Wildman–Crippen MR) is 121 cm³/mol. The SMILES string of the molecule is CC(C)C(C)NC(=O)c1cccc(NC(=O)CC2SC(N3CCCCC3)=NC2=O)c1. The molecule has 0 aromatic heterocycles. The Labute approximate surface area is 182 Å². The number of rotatable bonds is 6. The summed E-state index contributed by atoms with van der Waals surface area (Å²) in [4.78, 5) is 43.5. The Bertz CT molecular complexity index is 833. The number of aliphatic imine (C=N–C) groups is 1. The van der Waals surface area contributed by atoms with Crippen LogP contribution in [0.3, 0.4) is 0 Å². The van der Waals surface area contributed by atoms with Crippen LogP contribution in [-0.4, -0.2) is 52.2 Å². The predicted octanol–water partition coefficient (Wildman–Crippen LogP) is 3.27. The Morgan fingerprint density at radius 1 is 1.20 bits per heavy atom. The molecule has 0 aliphatic carbocycles. The fraction of sp³-hybridized carbons (Fsp3) is 0.545. The lowest BCUT2D eigenvalue weighted by molar-refractivity contribution is -0.121. The number of nitrogens with zero attached hydrogens (tertiary/aromatic N) is 2. The van der Waals surface area contributed by atoms with E-state index in [1.54, 1.807) is 24.3 Å². The maximum atomic E-state index is 12.5. The molecule has 0 radical (unpaired) electrons. The van der Waals surface area contributed by atoms with Gasteiger partial charge in [-0.2, -0.15) is 4.99 Å². The van der Waals surface area contributed by atoms with Gasteiger partial charge >= 0.3 is 0 Å². The standard InChI is InChI=1S/C22H30N4O3S/c1-14(2)15(3)23-20(28)16-8-7-9-17(12-16)24-19(27)13-18-21(29)25-22(30-18)26-10-5-4-6-11-26/h7-9,12,14-15,18H,4-6,10-11,13H2,1-3H3,(H,23,28)(H,24,27). The molecule has 3 rings (SSSR count). The van der Waals surface area contributed by atoms with Gasteiger partial charge in [-0.05, 0) is 50.3 Å². The van der Waals surface area contributed by atoms with Gasteiger partial charge in [-0.3, -0.25) is 14.4 Å². The molecule has 2 N–H and O–H groups in total. The minimum atomic E-state index is -0.486. The van der Waals surface area contributed by atoms with Crippen molar-refractivity contribution >= 4 is 40.3 Å². The summed E-state index contributed by atoms with van der Waals surface area (Å²) in [5.41, 5.74) is 1.03. The molecule has 2 heterocycles. The van der Waals surface area contributed by atoms with E-state index in [0.29, 0.717) is 17.2 Å². The average Bonchev–Trinajstić information content (AvgIpc) is 3.08. The summed E-state index contributed by atoms with van der Waals surface area (Å²) >= 11 is 1.38. The maximum absolute atomic E-state index is 12.5. The van der Waals surface area contributed by atoms with Crippen LogP contribution in [0, 0.1) is 5.92 Å². The second-order valence-corrected chi connectivity index (χ2v) is 9.40. The zero-order valence-electron chi connectivity index (χ0n) is 17.8. The molecule has 2 aliphatic rings. The first-order chi connectivity index (χ1) is 14.3. The largest absolute Gasteiger partial charge is 0.351 e. The summed E-state index contributed by atoms with van der Waals surface area (Å²) in [5.74, 6) is -0.348. The van der Waals surface area contributed by atoms with E-state index in [0.717, 1.165) is 31.1 Å². The molecule has 1 aromatic carbocycles. The summed E-state index contributed by atoms with van der Waals surface area (Å²) in [6.45, 7) is 7.89.